The Morgan fingerprint density at radius 2 is 1.50 bits per heavy atom. The fourth-order valence-corrected chi connectivity index (χ4v) is 0.428. The predicted octanol–water partition coefficient (Wildman–Crippen LogP) is -1.06. The van der Waals surface area contributed by atoms with Crippen LogP contribution in [0.1, 0.15) is 0 Å². The van der Waals surface area contributed by atoms with Gasteiger partial charge in [0.1, 0.15) is 5.75 Å². The average Bonchev–Trinajstić information content (AvgIpc) is 1.87. The number of rotatable bonds is 0. The van der Waals surface area contributed by atoms with Crippen LogP contribution in [0.4, 0.5) is 4.79 Å². The van der Waals surface area contributed by atoms with Gasteiger partial charge in [0.2, 0.25) is 0 Å². The van der Waals surface area contributed by atoms with Crippen molar-refractivity contribution in [2.75, 3.05) is 0 Å². The molecule has 0 atom stereocenters. The second kappa shape index (κ2) is 8.01. The van der Waals surface area contributed by atoms with Crippen molar-refractivity contribution >= 4 is 6.16 Å². The summed E-state index contributed by atoms with van der Waals surface area (Å²) in [4.78, 5) is 8.33. The van der Waals surface area contributed by atoms with E-state index in [0.29, 0.717) is 5.75 Å². The van der Waals surface area contributed by atoms with Crippen LogP contribution in [-0.2, 0) is 19.5 Å². The topological polar surface area (TPSA) is 83.4 Å². The van der Waals surface area contributed by atoms with Crippen LogP contribution in [0.2, 0.25) is 0 Å². The first kappa shape index (κ1) is 13.5. The van der Waals surface area contributed by atoms with Gasteiger partial charge in [-0.1, -0.05) is 18.2 Å². The maximum atomic E-state index is 8.63. The molecule has 0 unspecified atom stereocenters. The zero-order chi connectivity index (χ0) is 8.69. The van der Waals surface area contributed by atoms with E-state index in [1.807, 2.05) is 6.07 Å². The Kier molecular flexibility index (Phi) is 9.02. The molecule has 0 aliphatic rings. The van der Waals surface area contributed by atoms with Crippen molar-refractivity contribution in [2.24, 2.45) is 0 Å². The van der Waals surface area contributed by atoms with E-state index < -0.39 is 6.16 Å². The summed E-state index contributed by atoms with van der Waals surface area (Å²) in [5, 5.41) is 25.3. The minimum Gasteiger partial charge on any atom is -0.652 e. The van der Waals surface area contributed by atoms with Crippen LogP contribution >= 0.6 is 0 Å². The van der Waals surface area contributed by atoms with E-state index in [9.17, 15) is 0 Å². The summed E-state index contributed by atoms with van der Waals surface area (Å²) in [6.45, 7) is 0. The zero-order valence-corrected chi connectivity index (χ0v) is 9.23. The maximum absolute atomic E-state index is 8.63. The summed E-state index contributed by atoms with van der Waals surface area (Å²) >= 11 is 0. The molecule has 0 fully saturated rings. The first-order chi connectivity index (χ1) is 5.13. The molecule has 0 heterocycles. The van der Waals surface area contributed by atoms with Crippen molar-refractivity contribution in [1.82, 2.24) is 0 Å². The Bertz CT molecular complexity index is 208. The summed E-state index contributed by atoms with van der Waals surface area (Å²) in [5.74, 6) is 0.322. The Morgan fingerprint density at radius 3 is 1.67 bits per heavy atom. The third-order valence-corrected chi connectivity index (χ3v) is 0.756. The molecular weight excluding hydrogens is 213 g/mol. The van der Waals surface area contributed by atoms with Crippen LogP contribution in [0.25, 0.3) is 0 Å². The van der Waals surface area contributed by atoms with Gasteiger partial charge in [0, 0.05) is 0 Å². The van der Waals surface area contributed by atoms with Gasteiger partial charge in [-0.2, -0.15) is 0 Å². The van der Waals surface area contributed by atoms with Crippen molar-refractivity contribution in [3.63, 3.8) is 0 Å². The number of para-hydroxylation sites is 1. The molecule has 0 amide bonds. The molecule has 0 aliphatic carbocycles. The van der Waals surface area contributed by atoms with E-state index in [4.69, 9.17) is 20.1 Å². The number of phenols is 1. The average molecular weight is 220 g/mol. The van der Waals surface area contributed by atoms with Gasteiger partial charge in [0.05, 0.1) is 0 Å². The molecule has 1 aromatic rings. The van der Waals surface area contributed by atoms with Crippen LogP contribution in [0.3, 0.4) is 0 Å². The number of aromatic hydroxyl groups is 1. The van der Waals surface area contributed by atoms with Crippen LogP contribution < -0.4 is 10.2 Å². The number of carbonyl (C=O) groups is 1. The molecule has 0 aromatic heterocycles. The van der Waals surface area contributed by atoms with E-state index in [0.717, 1.165) is 0 Å². The van der Waals surface area contributed by atoms with E-state index in [2.05, 4.69) is 0 Å². The van der Waals surface area contributed by atoms with Gasteiger partial charge in [-0.05, 0) is 18.3 Å². The largest absolute Gasteiger partial charge is 2.00 e. The minimum atomic E-state index is -2.33. The SMILES string of the molecule is O=C([O-])[O-].Oc1ccccc1.[Zn+2]. The Morgan fingerprint density at radius 1 is 1.17 bits per heavy atom. The van der Waals surface area contributed by atoms with Crippen molar-refractivity contribution in [3.05, 3.63) is 30.3 Å². The van der Waals surface area contributed by atoms with Crippen molar-refractivity contribution < 1.29 is 39.6 Å². The molecule has 1 aromatic carbocycles. The van der Waals surface area contributed by atoms with Crippen molar-refractivity contribution in [2.45, 2.75) is 0 Å². The Balaban J connectivity index is 0. The van der Waals surface area contributed by atoms with Gasteiger partial charge < -0.3 is 20.1 Å². The number of hydrogen-bond donors (Lipinski definition) is 1. The molecule has 1 rings (SSSR count). The molecule has 0 saturated heterocycles. The fourth-order valence-electron chi connectivity index (χ4n) is 0.428. The van der Waals surface area contributed by atoms with Gasteiger partial charge in [-0.15, -0.1) is 0 Å². The van der Waals surface area contributed by atoms with Gasteiger partial charge in [-0.3, -0.25) is 0 Å². The minimum absolute atomic E-state index is 0. The van der Waals surface area contributed by atoms with Gasteiger partial charge in [0.15, 0.2) is 0 Å². The van der Waals surface area contributed by atoms with Crippen molar-refractivity contribution in [3.8, 4) is 5.75 Å². The molecule has 0 bridgehead atoms. The third kappa shape index (κ3) is 11.7. The first-order valence-corrected chi connectivity index (χ1v) is 2.75. The van der Waals surface area contributed by atoms with Crippen molar-refractivity contribution in [1.29, 1.82) is 0 Å². The Hall–Kier alpha value is -1.09. The van der Waals surface area contributed by atoms with Crippen LogP contribution in [-0.4, -0.2) is 11.3 Å². The number of carboxylic acid groups (broad SMARTS) is 2. The molecule has 4 nitrogen and oxygen atoms in total. The molecule has 60 valence electrons. The third-order valence-electron chi connectivity index (χ3n) is 0.756. The second-order valence-electron chi connectivity index (χ2n) is 1.59. The molecule has 0 spiro atoms. The maximum Gasteiger partial charge on any atom is 2.00 e. The first-order valence-electron chi connectivity index (χ1n) is 2.75. The van der Waals surface area contributed by atoms with Gasteiger partial charge >= 0.3 is 19.5 Å². The predicted molar refractivity (Wildman–Crippen MR) is 33.5 cm³/mol. The summed E-state index contributed by atoms with van der Waals surface area (Å²) < 4.78 is 0. The molecule has 0 radical (unpaired) electrons. The normalized spacial score (nSPS) is 7.00. The zero-order valence-electron chi connectivity index (χ0n) is 6.27. The number of benzene rings is 1. The number of phenolic OH excluding ortho intramolecular Hbond substituents is 1. The second-order valence-corrected chi connectivity index (χ2v) is 1.59. The Labute approximate surface area is 82.2 Å². The fraction of sp³-hybridized carbons (Fsp3) is 0. The molecule has 0 saturated carbocycles. The summed E-state index contributed by atoms with van der Waals surface area (Å²) in [6, 6.07) is 8.71. The summed E-state index contributed by atoms with van der Waals surface area (Å²) in [7, 11) is 0. The molecule has 0 aliphatic heterocycles. The quantitative estimate of drug-likeness (QED) is 0.564. The van der Waals surface area contributed by atoms with Gasteiger partial charge in [-0.25, -0.2) is 0 Å². The van der Waals surface area contributed by atoms with Crippen LogP contribution in [0, 0.1) is 0 Å². The smallest absolute Gasteiger partial charge is 0.652 e. The van der Waals surface area contributed by atoms with E-state index in [1.165, 1.54) is 0 Å². The van der Waals surface area contributed by atoms with Gasteiger partial charge in [0.25, 0.3) is 0 Å². The summed E-state index contributed by atoms with van der Waals surface area (Å²) in [6.07, 6.45) is -2.33. The summed E-state index contributed by atoms with van der Waals surface area (Å²) in [5.41, 5.74) is 0. The van der Waals surface area contributed by atoms with E-state index in [-0.39, 0.29) is 19.5 Å². The molecule has 12 heavy (non-hydrogen) atoms. The van der Waals surface area contributed by atoms with Crippen LogP contribution in [0.5, 0.6) is 5.75 Å². The van der Waals surface area contributed by atoms with E-state index in [1.54, 1.807) is 24.3 Å². The standard InChI is InChI=1S/C6H6O.CH2O3.Zn/c7-6-4-2-1-3-5-6;2-1(3)4;/h1-5,7H;(H2,2,3,4);/q;;+2/p-2. The molecule has 5 heteroatoms. The molecule has 1 N–H and O–H groups in total. The number of carbonyl (C=O) groups excluding carboxylic acids is 1. The monoisotopic (exact) mass is 218 g/mol. The van der Waals surface area contributed by atoms with Crippen LogP contribution in [0.15, 0.2) is 30.3 Å². The van der Waals surface area contributed by atoms with E-state index >= 15 is 0 Å². The molecular formula is C7H6O4Zn. The number of hydrogen-bond acceptors (Lipinski definition) is 4.